The minimum atomic E-state index is -0.359. The molecule has 0 spiro atoms. The molecular formula is C24H22N4O2. The van der Waals surface area contributed by atoms with Crippen LogP contribution in [0.25, 0.3) is 17.1 Å². The van der Waals surface area contributed by atoms with Crippen LogP contribution in [0.5, 0.6) is 5.75 Å². The molecule has 0 aliphatic heterocycles. The van der Waals surface area contributed by atoms with E-state index in [1.807, 2.05) is 86.6 Å². The van der Waals surface area contributed by atoms with E-state index in [-0.39, 0.29) is 11.7 Å². The number of rotatable bonds is 5. The minimum absolute atomic E-state index is 0.101. The molecule has 0 atom stereocenters. The zero-order valence-electron chi connectivity index (χ0n) is 17.1. The average Bonchev–Trinajstić information content (AvgIpc) is 3.19. The van der Waals surface area contributed by atoms with Crippen molar-refractivity contribution in [3.8, 4) is 22.8 Å². The smallest absolute Gasteiger partial charge is 0.295 e. The second-order valence-electron chi connectivity index (χ2n) is 7.06. The number of methoxy groups -OCH3 is 1. The molecule has 4 rings (SSSR count). The third-order valence-corrected chi connectivity index (χ3v) is 4.68. The van der Waals surface area contributed by atoms with Crippen molar-refractivity contribution in [1.29, 1.82) is 0 Å². The summed E-state index contributed by atoms with van der Waals surface area (Å²) in [5, 5.41) is 7.39. The van der Waals surface area contributed by atoms with Gasteiger partial charge in [-0.1, -0.05) is 35.9 Å². The highest BCUT2D eigenvalue weighted by Crippen LogP contribution is 2.24. The molecule has 0 aliphatic carbocycles. The maximum Gasteiger partial charge on any atom is 0.295 e. The molecule has 0 aliphatic rings. The Bertz CT molecular complexity index is 1200. The van der Waals surface area contributed by atoms with Gasteiger partial charge in [-0.25, -0.2) is 9.67 Å². The molecule has 150 valence electrons. The molecule has 0 saturated carbocycles. The first-order chi connectivity index (χ1) is 14.5. The summed E-state index contributed by atoms with van der Waals surface area (Å²) in [6, 6.07) is 23.0. The van der Waals surface area contributed by atoms with Crippen LogP contribution in [0.4, 0.5) is 5.69 Å². The van der Waals surface area contributed by atoms with Crippen molar-refractivity contribution in [1.82, 2.24) is 14.8 Å². The van der Waals surface area contributed by atoms with Crippen molar-refractivity contribution in [2.75, 3.05) is 12.4 Å². The predicted molar refractivity (Wildman–Crippen MR) is 117 cm³/mol. The van der Waals surface area contributed by atoms with Gasteiger partial charge in [-0.15, -0.1) is 5.10 Å². The van der Waals surface area contributed by atoms with Crippen LogP contribution in [0, 0.1) is 13.8 Å². The summed E-state index contributed by atoms with van der Waals surface area (Å²) >= 11 is 0. The third-order valence-electron chi connectivity index (χ3n) is 4.68. The number of aryl methyl sites for hydroxylation is 2. The van der Waals surface area contributed by atoms with Crippen molar-refractivity contribution in [3.63, 3.8) is 0 Å². The molecule has 4 aromatic rings. The van der Waals surface area contributed by atoms with E-state index in [4.69, 9.17) is 4.74 Å². The Kier molecular flexibility index (Phi) is 5.30. The number of amides is 1. The van der Waals surface area contributed by atoms with Gasteiger partial charge < -0.3 is 10.1 Å². The summed E-state index contributed by atoms with van der Waals surface area (Å²) in [6.45, 7) is 3.99. The summed E-state index contributed by atoms with van der Waals surface area (Å²) < 4.78 is 6.93. The summed E-state index contributed by atoms with van der Waals surface area (Å²) in [7, 11) is 1.62. The highest BCUT2D eigenvalue weighted by atomic mass is 16.5. The standard InChI is InChI=1S/C24H22N4O2/c1-16-6-4-8-18(14-16)23-26-22(24(29)25-19-9-5-7-17(2)15-19)27-28(23)20-10-12-21(30-3)13-11-20/h4-15H,1-3H3,(H,25,29). The van der Waals surface area contributed by atoms with Crippen molar-refractivity contribution in [2.24, 2.45) is 0 Å². The van der Waals surface area contributed by atoms with Gasteiger partial charge in [0.1, 0.15) is 5.75 Å². The zero-order valence-corrected chi connectivity index (χ0v) is 17.1. The highest BCUT2D eigenvalue weighted by Gasteiger charge is 2.19. The summed E-state index contributed by atoms with van der Waals surface area (Å²) in [5.74, 6) is 1.08. The molecule has 1 aromatic heterocycles. The molecular weight excluding hydrogens is 376 g/mol. The number of carbonyl (C=O) groups excluding carboxylic acids is 1. The van der Waals surface area contributed by atoms with Crippen LogP contribution in [0.2, 0.25) is 0 Å². The second-order valence-corrected chi connectivity index (χ2v) is 7.06. The van der Waals surface area contributed by atoms with Crippen molar-refractivity contribution >= 4 is 11.6 Å². The summed E-state index contributed by atoms with van der Waals surface area (Å²) in [4.78, 5) is 17.4. The van der Waals surface area contributed by atoms with E-state index in [1.165, 1.54) is 0 Å². The Morgan fingerprint density at radius 3 is 2.30 bits per heavy atom. The Morgan fingerprint density at radius 2 is 1.63 bits per heavy atom. The Balaban J connectivity index is 1.75. The van der Waals surface area contributed by atoms with Gasteiger partial charge in [0.05, 0.1) is 12.8 Å². The second kappa shape index (κ2) is 8.21. The van der Waals surface area contributed by atoms with Crippen LogP contribution in [0.3, 0.4) is 0 Å². The van der Waals surface area contributed by atoms with Gasteiger partial charge in [-0.2, -0.15) is 0 Å². The molecule has 1 amide bonds. The molecule has 0 saturated heterocycles. The molecule has 0 unspecified atom stereocenters. The molecule has 0 bridgehead atoms. The lowest BCUT2D eigenvalue weighted by Crippen LogP contribution is -2.14. The van der Waals surface area contributed by atoms with Gasteiger partial charge in [-0.05, 0) is 61.9 Å². The quantitative estimate of drug-likeness (QED) is 0.524. The van der Waals surface area contributed by atoms with E-state index in [0.717, 1.165) is 28.1 Å². The fraction of sp³-hybridized carbons (Fsp3) is 0.125. The van der Waals surface area contributed by atoms with E-state index in [0.29, 0.717) is 11.5 Å². The highest BCUT2D eigenvalue weighted by molar-refractivity contribution is 6.01. The lowest BCUT2D eigenvalue weighted by molar-refractivity contribution is 0.101. The molecule has 6 heteroatoms. The van der Waals surface area contributed by atoms with Gasteiger partial charge >= 0.3 is 0 Å². The molecule has 1 heterocycles. The van der Waals surface area contributed by atoms with E-state index in [2.05, 4.69) is 15.4 Å². The zero-order chi connectivity index (χ0) is 21.1. The average molecular weight is 398 g/mol. The third kappa shape index (κ3) is 4.07. The van der Waals surface area contributed by atoms with Crippen molar-refractivity contribution in [3.05, 3.63) is 89.7 Å². The minimum Gasteiger partial charge on any atom is -0.497 e. The number of anilines is 1. The lowest BCUT2D eigenvalue weighted by Gasteiger charge is -2.07. The number of nitrogens with zero attached hydrogens (tertiary/aromatic N) is 3. The van der Waals surface area contributed by atoms with Crippen LogP contribution >= 0.6 is 0 Å². The monoisotopic (exact) mass is 398 g/mol. The topological polar surface area (TPSA) is 69.0 Å². The van der Waals surface area contributed by atoms with Crippen molar-refractivity contribution < 1.29 is 9.53 Å². The molecule has 0 fully saturated rings. The number of ether oxygens (including phenoxy) is 1. The molecule has 3 aromatic carbocycles. The fourth-order valence-corrected chi connectivity index (χ4v) is 3.19. The maximum absolute atomic E-state index is 12.9. The van der Waals surface area contributed by atoms with Gasteiger partial charge in [0.25, 0.3) is 5.91 Å². The number of benzene rings is 3. The van der Waals surface area contributed by atoms with E-state index in [9.17, 15) is 4.79 Å². The number of hydrogen-bond donors (Lipinski definition) is 1. The van der Waals surface area contributed by atoms with Crippen LogP contribution < -0.4 is 10.1 Å². The maximum atomic E-state index is 12.9. The summed E-state index contributed by atoms with van der Waals surface area (Å²) in [6.07, 6.45) is 0. The SMILES string of the molecule is COc1ccc(-n2nc(C(=O)Nc3cccc(C)c3)nc2-c2cccc(C)c2)cc1. The van der Waals surface area contributed by atoms with Gasteiger partial charge in [0.2, 0.25) is 5.82 Å². The number of hydrogen-bond acceptors (Lipinski definition) is 4. The predicted octanol–water partition coefficient (Wildman–Crippen LogP) is 4.81. The van der Waals surface area contributed by atoms with Crippen molar-refractivity contribution in [2.45, 2.75) is 13.8 Å². The molecule has 6 nitrogen and oxygen atoms in total. The first-order valence-corrected chi connectivity index (χ1v) is 9.60. The number of carbonyl (C=O) groups is 1. The van der Waals surface area contributed by atoms with Crippen LogP contribution in [0.15, 0.2) is 72.8 Å². The fourth-order valence-electron chi connectivity index (χ4n) is 3.19. The molecule has 0 radical (unpaired) electrons. The normalized spacial score (nSPS) is 10.6. The molecule has 30 heavy (non-hydrogen) atoms. The largest absolute Gasteiger partial charge is 0.497 e. The van der Waals surface area contributed by atoms with Crippen LogP contribution in [-0.2, 0) is 0 Å². The van der Waals surface area contributed by atoms with Gasteiger partial charge in [0, 0.05) is 11.3 Å². The first kappa shape index (κ1) is 19.4. The van der Waals surface area contributed by atoms with E-state index < -0.39 is 0 Å². The Hall–Kier alpha value is -3.93. The Labute approximate surface area is 175 Å². The number of aromatic nitrogens is 3. The first-order valence-electron chi connectivity index (χ1n) is 9.60. The van der Waals surface area contributed by atoms with Crippen LogP contribution in [-0.4, -0.2) is 27.8 Å². The van der Waals surface area contributed by atoms with Gasteiger partial charge in [-0.3, -0.25) is 4.79 Å². The number of nitrogens with one attached hydrogen (secondary N) is 1. The summed E-state index contributed by atoms with van der Waals surface area (Å²) in [5.41, 5.74) is 4.53. The molecule has 1 N–H and O–H groups in total. The van der Waals surface area contributed by atoms with Gasteiger partial charge in [0.15, 0.2) is 5.82 Å². The van der Waals surface area contributed by atoms with E-state index >= 15 is 0 Å². The lowest BCUT2D eigenvalue weighted by atomic mass is 10.1. The Morgan fingerprint density at radius 1 is 0.933 bits per heavy atom. The van der Waals surface area contributed by atoms with E-state index in [1.54, 1.807) is 11.8 Å². The van der Waals surface area contributed by atoms with Crippen LogP contribution in [0.1, 0.15) is 21.7 Å².